The molecule has 1 N–H and O–H groups in total. The predicted octanol–water partition coefficient (Wildman–Crippen LogP) is 5.18. The highest BCUT2D eigenvalue weighted by atomic mass is 35.5. The standard InChI is InChI=1S/C24H17ClN2O5/c1-14-11-12-16(13-18(14)25)26-21(17-9-5-6-10-19(17)27(31)32)20(23(29)24(26)30)22(28)15-7-3-2-4-8-15/h2-13,21,28H,1H3/b22-20-. The maximum absolute atomic E-state index is 13.1. The number of nitro benzene ring substituents is 1. The number of amides is 1. The van der Waals surface area contributed by atoms with Gasteiger partial charge in [0.15, 0.2) is 0 Å². The van der Waals surface area contributed by atoms with E-state index in [2.05, 4.69) is 0 Å². The van der Waals surface area contributed by atoms with Crippen LogP contribution in [0.3, 0.4) is 0 Å². The Labute approximate surface area is 188 Å². The first-order chi connectivity index (χ1) is 15.3. The van der Waals surface area contributed by atoms with Crippen LogP contribution in [-0.2, 0) is 9.59 Å². The van der Waals surface area contributed by atoms with Gasteiger partial charge >= 0.3 is 0 Å². The molecule has 8 heteroatoms. The maximum Gasteiger partial charge on any atom is 0.300 e. The molecule has 0 spiro atoms. The lowest BCUT2D eigenvalue weighted by molar-refractivity contribution is -0.385. The highest BCUT2D eigenvalue weighted by Crippen LogP contribution is 2.45. The van der Waals surface area contributed by atoms with Gasteiger partial charge in [-0.05, 0) is 30.7 Å². The van der Waals surface area contributed by atoms with E-state index in [0.29, 0.717) is 10.6 Å². The molecule has 7 nitrogen and oxygen atoms in total. The average molecular weight is 449 g/mol. The maximum atomic E-state index is 13.1. The Morgan fingerprint density at radius 3 is 2.34 bits per heavy atom. The van der Waals surface area contributed by atoms with E-state index >= 15 is 0 Å². The fraction of sp³-hybridized carbons (Fsp3) is 0.0833. The third-order valence-electron chi connectivity index (χ3n) is 5.35. The normalized spacial score (nSPS) is 17.6. The monoisotopic (exact) mass is 448 g/mol. The summed E-state index contributed by atoms with van der Waals surface area (Å²) in [6, 6.07) is 17.7. The largest absolute Gasteiger partial charge is 0.507 e. The van der Waals surface area contributed by atoms with Gasteiger partial charge < -0.3 is 5.11 Å². The lowest BCUT2D eigenvalue weighted by Crippen LogP contribution is -2.29. The first-order valence-corrected chi connectivity index (χ1v) is 10.0. The summed E-state index contributed by atoms with van der Waals surface area (Å²) in [5.74, 6) is -2.26. The Balaban J connectivity index is 2.02. The van der Waals surface area contributed by atoms with Crippen LogP contribution < -0.4 is 4.90 Å². The number of ketones is 1. The van der Waals surface area contributed by atoms with Crippen molar-refractivity contribution in [3.63, 3.8) is 0 Å². The van der Waals surface area contributed by atoms with Gasteiger partial charge in [-0.3, -0.25) is 24.6 Å². The molecule has 1 amide bonds. The molecule has 0 aliphatic carbocycles. The molecule has 1 atom stereocenters. The molecule has 1 fully saturated rings. The Hall–Kier alpha value is -3.97. The summed E-state index contributed by atoms with van der Waals surface area (Å²) in [4.78, 5) is 38.5. The van der Waals surface area contributed by atoms with Crippen LogP contribution in [0.2, 0.25) is 5.02 Å². The number of rotatable bonds is 4. The number of nitro groups is 1. The molecule has 1 aliphatic rings. The van der Waals surface area contributed by atoms with Crippen molar-refractivity contribution in [2.24, 2.45) is 0 Å². The van der Waals surface area contributed by atoms with Crippen molar-refractivity contribution in [3.05, 3.63) is 110 Å². The summed E-state index contributed by atoms with van der Waals surface area (Å²) >= 11 is 6.25. The lowest BCUT2D eigenvalue weighted by atomic mass is 9.94. The van der Waals surface area contributed by atoms with Gasteiger partial charge in [-0.2, -0.15) is 0 Å². The number of hydrogen-bond donors (Lipinski definition) is 1. The van der Waals surface area contributed by atoms with Crippen LogP contribution in [0.5, 0.6) is 0 Å². The van der Waals surface area contributed by atoms with Crippen molar-refractivity contribution >= 4 is 40.4 Å². The van der Waals surface area contributed by atoms with E-state index in [-0.39, 0.29) is 22.5 Å². The number of nitrogens with zero attached hydrogens (tertiary/aromatic N) is 2. The molecule has 3 aromatic carbocycles. The van der Waals surface area contributed by atoms with E-state index in [0.717, 1.165) is 10.5 Å². The highest BCUT2D eigenvalue weighted by molar-refractivity contribution is 6.52. The number of para-hydroxylation sites is 1. The van der Waals surface area contributed by atoms with E-state index in [1.807, 2.05) is 0 Å². The molecule has 4 rings (SSSR count). The number of hydrogen-bond acceptors (Lipinski definition) is 5. The van der Waals surface area contributed by atoms with E-state index in [1.54, 1.807) is 55.5 Å². The third kappa shape index (κ3) is 3.52. The Bertz CT molecular complexity index is 1290. The SMILES string of the molecule is Cc1ccc(N2C(=O)C(=O)/C(=C(\O)c3ccccc3)C2c2ccccc2[N+](=O)[O-])cc1Cl. The molecule has 1 heterocycles. The molecule has 1 aliphatic heterocycles. The van der Waals surface area contributed by atoms with Crippen LogP contribution in [-0.4, -0.2) is 21.7 Å². The van der Waals surface area contributed by atoms with Crippen molar-refractivity contribution in [2.45, 2.75) is 13.0 Å². The molecule has 1 saturated heterocycles. The van der Waals surface area contributed by atoms with Crippen LogP contribution in [0.4, 0.5) is 11.4 Å². The zero-order valence-electron chi connectivity index (χ0n) is 16.9. The Kier molecular flexibility index (Phi) is 5.50. The second-order valence-electron chi connectivity index (χ2n) is 7.28. The summed E-state index contributed by atoms with van der Waals surface area (Å²) < 4.78 is 0. The molecular weight excluding hydrogens is 432 g/mol. The number of Topliss-reactive ketones (excluding diaryl/α,β-unsaturated/α-hetero) is 1. The first-order valence-electron chi connectivity index (χ1n) is 9.67. The quantitative estimate of drug-likeness (QED) is 0.195. The first kappa shape index (κ1) is 21.3. The summed E-state index contributed by atoms with van der Waals surface area (Å²) in [5, 5.41) is 23.1. The van der Waals surface area contributed by atoms with Gasteiger partial charge in [0.25, 0.3) is 17.4 Å². The zero-order valence-corrected chi connectivity index (χ0v) is 17.6. The number of carbonyl (C=O) groups excluding carboxylic acids is 2. The molecular formula is C24H17ClN2O5. The summed E-state index contributed by atoms with van der Waals surface area (Å²) in [5.41, 5.74) is 0.965. The van der Waals surface area contributed by atoms with E-state index in [4.69, 9.17) is 11.6 Å². The Morgan fingerprint density at radius 1 is 1.03 bits per heavy atom. The minimum atomic E-state index is -1.21. The second-order valence-corrected chi connectivity index (χ2v) is 7.69. The Morgan fingerprint density at radius 2 is 1.69 bits per heavy atom. The molecule has 0 aromatic heterocycles. The van der Waals surface area contributed by atoms with E-state index < -0.39 is 28.4 Å². The number of benzene rings is 3. The van der Waals surface area contributed by atoms with E-state index in [9.17, 15) is 24.8 Å². The molecule has 3 aromatic rings. The summed E-state index contributed by atoms with van der Waals surface area (Å²) in [7, 11) is 0. The van der Waals surface area contributed by atoms with Gasteiger partial charge in [0.05, 0.1) is 16.1 Å². The highest BCUT2D eigenvalue weighted by Gasteiger charge is 2.49. The van der Waals surface area contributed by atoms with Gasteiger partial charge in [-0.25, -0.2) is 0 Å². The van der Waals surface area contributed by atoms with Crippen LogP contribution in [0.1, 0.15) is 22.7 Å². The number of carbonyl (C=O) groups is 2. The molecule has 1 unspecified atom stereocenters. The molecule has 160 valence electrons. The number of aliphatic hydroxyl groups excluding tert-OH is 1. The number of aliphatic hydroxyl groups is 1. The zero-order chi connectivity index (χ0) is 23.0. The fourth-order valence-electron chi connectivity index (χ4n) is 3.76. The smallest absolute Gasteiger partial charge is 0.300 e. The number of aryl methyl sites for hydroxylation is 1. The minimum absolute atomic E-state index is 0.103. The average Bonchev–Trinajstić information content (AvgIpc) is 3.06. The van der Waals surface area contributed by atoms with Crippen molar-refractivity contribution in [2.75, 3.05) is 4.90 Å². The van der Waals surface area contributed by atoms with Crippen LogP contribution in [0.25, 0.3) is 5.76 Å². The number of halogens is 1. The van der Waals surface area contributed by atoms with Gasteiger partial charge in [0.2, 0.25) is 0 Å². The van der Waals surface area contributed by atoms with Crippen LogP contribution in [0.15, 0.2) is 78.4 Å². The molecule has 32 heavy (non-hydrogen) atoms. The van der Waals surface area contributed by atoms with Crippen LogP contribution >= 0.6 is 11.6 Å². The third-order valence-corrected chi connectivity index (χ3v) is 5.76. The van der Waals surface area contributed by atoms with Crippen molar-refractivity contribution in [1.82, 2.24) is 0 Å². The topological polar surface area (TPSA) is 101 Å². The number of anilines is 1. The van der Waals surface area contributed by atoms with Gasteiger partial charge in [0.1, 0.15) is 11.8 Å². The molecule has 0 bridgehead atoms. The van der Waals surface area contributed by atoms with Gasteiger partial charge in [-0.15, -0.1) is 0 Å². The van der Waals surface area contributed by atoms with E-state index in [1.165, 1.54) is 24.3 Å². The molecule has 0 saturated carbocycles. The second kappa shape index (κ2) is 8.28. The van der Waals surface area contributed by atoms with Crippen molar-refractivity contribution < 1.29 is 19.6 Å². The van der Waals surface area contributed by atoms with Crippen molar-refractivity contribution in [1.29, 1.82) is 0 Å². The minimum Gasteiger partial charge on any atom is -0.507 e. The van der Waals surface area contributed by atoms with Gasteiger partial charge in [0, 0.05) is 22.3 Å². The van der Waals surface area contributed by atoms with Crippen molar-refractivity contribution in [3.8, 4) is 0 Å². The van der Waals surface area contributed by atoms with Gasteiger partial charge in [-0.1, -0.05) is 60.1 Å². The summed E-state index contributed by atoms with van der Waals surface area (Å²) in [6.45, 7) is 1.79. The fourth-order valence-corrected chi connectivity index (χ4v) is 3.94. The summed E-state index contributed by atoms with van der Waals surface area (Å²) in [6.07, 6.45) is 0. The lowest BCUT2D eigenvalue weighted by Gasteiger charge is -2.25. The predicted molar refractivity (Wildman–Crippen MR) is 121 cm³/mol. The molecule has 0 radical (unpaired) electrons. The van der Waals surface area contributed by atoms with Crippen LogP contribution in [0, 0.1) is 17.0 Å².